The van der Waals surface area contributed by atoms with E-state index in [2.05, 4.69) is 13.8 Å². The number of phosphoric acid groups is 1. The molecule has 0 radical (unpaired) electrons. The first kappa shape index (κ1) is 52.4. The van der Waals surface area contributed by atoms with E-state index < -0.39 is 63.1 Å². The Morgan fingerprint density at radius 1 is 0.509 bits per heavy atom. The van der Waals surface area contributed by atoms with Crippen LogP contribution in [0.25, 0.3) is 0 Å². The highest BCUT2D eigenvalue weighted by Gasteiger charge is 2.51. The normalized spacial score (nSPS) is 23.1. The summed E-state index contributed by atoms with van der Waals surface area (Å²) in [4.78, 5) is 23.1. The SMILES string of the molecule is CCCCCCCCCCCCCCCCCCCCCC(=O)OC(COCCCCCCCCCCC)COP(=O)(O)OC1C(O)C(O)C(O)C(O)C1O. The molecule has 0 spiro atoms. The third kappa shape index (κ3) is 26.9. The molecular formula is C42H83O12P. The molecule has 0 aliphatic heterocycles. The number of phosphoric ester groups is 1. The van der Waals surface area contributed by atoms with Gasteiger partial charge in [0.15, 0.2) is 0 Å². The molecule has 6 N–H and O–H groups in total. The van der Waals surface area contributed by atoms with E-state index in [4.69, 9.17) is 18.5 Å². The number of rotatable bonds is 38. The van der Waals surface area contributed by atoms with E-state index in [1.165, 1.54) is 135 Å². The lowest BCUT2D eigenvalue weighted by Crippen LogP contribution is -2.64. The Hall–Kier alpha value is -0.660. The van der Waals surface area contributed by atoms with Crippen LogP contribution in [0, 0.1) is 0 Å². The van der Waals surface area contributed by atoms with E-state index in [1.807, 2.05) is 0 Å². The summed E-state index contributed by atoms with van der Waals surface area (Å²) in [6.45, 7) is 4.26. The maximum Gasteiger partial charge on any atom is 0.472 e. The fraction of sp³-hybridized carbons (Fsp3) is 0.976. The van der Waals surface area contributed by atoms with Crippen molar-refractivity contribution < 1.29 is 58.3 Å². The van der Waals surface area contributed by atoms with Crippen molar-refractivity contribution in [2.24, 2.45) is 0 Å². The molecule has 0 aromatic heterocycles. The van der Waals surface area contributed by atoms with Gasteiger partial charge in [0.1, 0.15) is 42.7 Å². The molecule has 0 aromatic rings. The lowest BCUT2D eigenvalue weighted by atomic mass is 9.85. The van der Waals surface area contributed by atoms with E-state index >= 15 is 0 Å². The van der Waals surface area contributed by atoms with Crippen molar-refractivity contribution in [3.05, 3.63) is 0 Å². The molecule has 1 saturated carbocycles. The summed E-state index contributed by atoms with van der Waals surface area (Å²) in [5.74, 6) is -0.473. The number of esters is 1. The molecule has 328 valence electrons. The fourth-order valence-corrected chi connectivity index (χ4v) is 8.09. The van der Waals surface area contributed by atoms with E-state index in [-0.39, 0.29) is 13.0 Å². The van der Waals surface area contributed by atoms with E-state index in [1.54, 1.807) is 0 Å². The van der Waals surface area contributed by atoms with E-state index in [9.17, 15) is 39.8 Å². The third-order valence-electron chi connectivity index (χ3n) is 10.7. The molecule has 0 aromatic carbocycles. The average molecular weight is 811 g/mol. The first-order valence-electron chi connectivity index (χ1n) is 22.4. The molecular weight excluding hydrogens is 727 g/mol. The largest absolute Gasteiger partial charge is 0.472 e. The van der Waals surface area contributed by atoms with Crippen molar-refractivity contribution in [2.45, 2.75) is 243 Å². The van der Waals surface area contributed by atoms with E-state index in [0.717, 1.165) is 38.5 Å². The quantitative estimate of drug-likeness (QED) is 0.0198. The van der Waals surface area contributed by atoms with Gasteiger partial charge in [-0.05, 0) is 12.8 Å². The molecule has 1 aliphatic carbocycles. The third-order valence-corrected chi connectivity index (χ3v) is 11.7. The zero-order chi connectivity index (χ0) is 40.6. The number of ether oxygens (including phenoxy) is 2. The molecule has 1 aliphatic rings. The molecule has 0 bridgehead atoms. The minimum Gasteiger partial charge on any atom is -0.457 e. The van der Waals surface area contributed by atoms with Gasteiger partial charge in [0, 0.05) is 13.0 Å². The molecule has 6 unspecified atom stereocenters. The Labute approximate surface area is 334 Å². The summed E-state index contributed by atoms with van der Waals surface area (Å²) >= 11 is 0. The van der Waals surface area contributed by atoms with Gasteiger partial charge in [-0.1, -0.05) is 181 Å². The van der Waals surface area contributed by atoms with Crippen LogP contribution in [0.15, 0.2) is 0 Å². The predicted octanol–water partition coefficient (Wildman–Crippen LogP) is 8.59. The smallest absolute Gasteiger partial charge is 0.457 e. The van der Waals surface area contributed by atoms with Crippen LogP contribution in [-0.4, -0.2) is 98.9 Å². The summed E-state index contributed by atoms with van der Waals surface area (Å²) in [5, 5.41) is 50.0. The molecule has 1 fully saturated rings. The lowest BCUT2D eigenvalue weighted by Gasteiger charge is -2.41. The Morgan fingerprint density at radius 3 is 1.25 bits per heavy atom. The predicted molar refractivity (Wildman–Crippen MR) is 217 cm³/mol. The number of hydrogen-bond acceptors (Lipinski definition) is 11. The topological polar surface area (TPSA) is 192 Å². The monoisotopic (exact) mass is 811 g/mol. The molecule has 0 saturated heterocycles. The highest BCUT2D eigenvalue weighted by molar-refractivity contribution is 7.47. The van der Waals surface area contributed by atoms with Crippen molar-refractivity contribution in [1.82, 2.24) is 0 Å². The van der Waals surface area contributed by atoms with Crippen LogP contribution >= 0.6 is 7.82 Å². The van der Waals surface area contributed by atoms with Crippen LogP contribution < -0.4 is 0 Å². The zero-order valence-electron chi connectivity index (χ0n) is 34.7. The van der Waals surface area contributed by atoms with Gasteiger partial charge in [0.25, 0.3) is 0 Å². The molecule has 13 heteroatoms. The average Bonchev–Trinajstić information content (AvgIpc) is 3.17. The molecule has 0 amide bonds. The number of unbranched alkanes of at least 4 members (excludes halogenated alkanes) is 26. The first-order chi connectivity index (χ1) is 26.5. The van der Waals surface area contributed by atoms with Gasteiger partial charge < -0.3 is 39.9 Å². The van der Waals surface area contributed by atoms with Crippen LogP contribution in [0.2, 0.25) is 0 Å². The second-order valence-electron chi connectivity index (χ2n) is 15.9. The van der Waals surface area contributed by atoms with Crippen LogP contribution in [0.3, 0.4) is 0 Å². The van der Waals surface area contributed by atoms with Crippen LogP contribution in [0.4, 0.5) is 0 Å². The maximum absolute atomic E-state index is 12.8. The second-order valence-corrected chi connectivity index (χ2v) is 17.3. The van der Waals surface area contributed by atoms with Crippen molar-refractivity contribution in [3.8, 4) is 0 Å². The molecule has 12 nitrogen and oxygen atoms in total. The maximum atomic E-state index is 12.8. The van der Waals surface area contributed by atoms with Crippen LogP contribution in [-0.2, 0) is 27.9 Å². The Kier molecular flexibility index (Phi) is 32.6. The number of aliphatic hydroxyl groups is 5. The van der Waals surface area contributed by atoms with Crippen molar-refractivity contribution in [2.75, 3.05) is 19.8 Å². The summed E-state index contributed by atoms with van der Waals surface area (Å²) in [6.07, 6.45) is 21.9. The minimum absolute atomic E-state index is 0.0692. The number of carbonyl (C=O) groups excluding carboxylic acids is 1. The Morgan fingerprint density at radius 2 is 0.855 bits per heavy atom. The van der Waals surface area contributed by atoms with Crippen molar-refractivity contribution >= 4 is 13.8 Å². The summed E-state index contributed by atoms with van der Waals surface area (Å²) in [5.41, 5.74) is 0. The number of hydrogen-bond donors (Lipinski definition) is 6. The zero-order valence-corrected chi connectivity index (χ0v) is 35.6. The molecule has 0 heterocycles. The van der Waals surface area contributed by atoms with Crippen LogP contribution in [0.5, 0.6) is 0 Å². The van der Waals surface area contributed by atoms with Crippen molar-refractivity contribution in [1.29, 1.82) is 0 Å². The van der Waals surface area contributed by atoms with Crippen molar-refractivity contribution in [3.63, 3.8) is 0 Å². The van der Waals surface area contributed by atoms with E-state index in [0.29, 0.717) is 13.0 Å². The highest BCUT2D eigenvalue weighted by atomic mass is 31.2. The van der Waals surface area contributed by atoms with Crippen LogP contribution in [0.1, 0.15) is 200 Å². The van der Waals surface area contributed by atoms with Gasteiger partial charge in [-0.2, -0.15) is 0 Å². The lowest BCUT2D eigenvalue weighted by molar-refractivity contribution is -0.220. The molecule has 6 atom stereocenters. The van der Waals surface area contributed by atoms with Gasteiger partial charge in [-0.3, -0.25) is 13.8 Å². The summed E-state index contributed by atoms with van der Waals surface area (Å²) in [7, 11) is -5.00. The molecule has 1 rings (SSSR count). The number of aliphatic hydroxyl groups excluding tert-OH is 5. The van der Waals surface area contributed by atoms with Gasteiger partial charge in [0.05, 0.1) is 13.2 Å². The first-order valence-corrected chi connectivity index (χ1v) is 23.9. The Bertz CT molecular complexity index is 926. The highest BCUT2D eigenvalue weighted by Crippen LogP contribution is 2.47. The van der Waals surface area contributed by atoms with Gasteiger partial charge in [-0.15, -0.1) is 0 Å². The summed E-state index contributed by atoms with van der Waals surface area (Å²) in [6, 6.07) is 0. The van der Waals surface area contributed by atoms with Gasteiger partial charge in [-0.25, -0.2) is 4.57 Å². The second kappa shape index (κ2) is 34.2. The summed E-state index contributed by atoms with van der Waals surface area (Å²) < 4.78 is 34.0. The Balaban J connectivity index is 2.34. The van der Waals surface area contributed by atoms with Gasteiger partial charge in [0.2, 0.25) is 0 Å². The van der Waals surface area contributed by atoms with Gasteiger partial charge >= 0.3 is 13.8 Å². The minimum atomic E-state index is -5.00. The fourth-order valence-electron chi connectivity index (χ4n) is 7.12. The number of carbonyl (C=O) groups is 1. The molecule has 55 heavy (non-hydrogen) atoms. The standard InChI is InChI=1S/C42H83O12P/c1-3-5-7-9-11-13-14-15-16-17-18-19-20-21-22-23-25-27-29-31-36(43)53-35(33-51-32-30-28-26-24-12-10-8-6-4-2)34-52-55(49,50)54-42-40(47)38(45)37(44)39(46)41(42)48/h35,37-42,44-48H,3-34H2,1-2H3,(H,49,50).